The Bertz CT molecular complexity index is 399. The van der Waals surface area contributed by atoms with Gasteiger partial charge in [0.2, 0.25) is 0 Å². The second-order valence-corrected chi connectivity index (χ2v) is 6.01. The molecule has 3 rings (SSSR count). The van der Waals surface area contributed by atoms with E-state index in [2.05, 4.69) is 40.5 Å². The SMILES string of the molecule is c1ccc(CN2CCC(NCC3COCCO3)CC2)cc1. The van der Waals surface area contributed by atoms with E-state index in [1.54, 1.807) is 0 Å². The highest BCUT2D eigenvalue weighted by Gasteiger charge is 2.21. The maximum atomic E-state index is 5.67. The normalized spacial score (nSPS) is 25.0. The first-order valence-electron chi connectivity index (χ1n) is 8.09. The molecule has 2 saturated heterocycles. The molecule has 4 heteroatoms. The van der Waals surface area contributed by atoms with Gasteiger partial charge in [-0.05, 0) is 31.5 Å². The molecule has 1 aromatic carbocycles. The molecule has 116 valence electrons. The molecule has 1 atom stereocenters. The van der Waals surface area contributed by atoms with E-state index >= 15 is 0 Å². The monoisotopic (exact) mass is 290 g/mol. The fraction of sp³-hybridized carbons (Fsp3) is 0.647. The van der Waals surface area contributed by atoms with Gasteiger partial charge in [-0.25, -0.2) is 0 Å². The Kier molecular flexibility index (Phi) is 5.63. The summed E-state index contributed by atoms with van der Waals surface area (Å²) in [5, 5.41) is 3.64. The number of benzene rings is 1. The van der Waals surface area contributed by atoms with Crippen LogP contribution >= 0.6 is 0 Å². The van der Waals surface area contributed by atoms with Crippen molar-refractivity contribution < 1.29 is 9.47 Å². The summed E-state index contributed by atoms with van der Waals surface area (Å²) in [6, 6.07) is 11.4. The third-order valence-corrected chi connectivity index (χ3v) is 4.36. The van der Waals surface area contributed by atoms with Gasteiger partial charge in [-0.15, -0.1) is 0 Å². The van der Waals surface area contributed by atoms with Crippen LogP contribution in [0.2, 0.25) is 0 Å². The Balaban J connectivity index is 1.35. The second-order valence-electron chi connectivity index (χ2n) is 6.01. The third-order valence-electron chi connectivity index (χ3n) is 4.36. The van der Waals surface area contributed by atoms with Crippen LogP contribution in [0, 0.1) is 0 Å². The van der Waals surface area contributed by atoms with Gasteiger partial charge in [0.15, 0.2) is 0 Å². The first-order valence-corrected chi connectivity index (χ1v) is 8.09. The Labute approximate surface area is 127 Å². The predicted molar refractivity (Wildman–Crippen MR) is 83.3 cm³/mol. The van der Waals surface area contributed by atoms with Gasteiger partial charge >= 0.3 is 0 Å². The number of nitrogens with zero attached hydrogens (tertiary/aromatic N) is 1. The lowest BCUT2D eigenvalue weighted by atomic mass is 10.0. The summed E-state index contributed by atoms with van der Waals surface area (Å²) >= 11 is 0. The van der Waals surface area contributed by atoms with E-state index in [1.165, 1.54) is 31.5 Å². The van der Waals surface area contributed by atoms with Crippen molar-refractivity contribution in [1.82, 2.24) is 10.2 Å². The molecule has 2 aliphatic heterocycles. The van der Waals surface area contributed by atoms with E-state index in [9.17, 15) is 0 Å². The van der Waals surface area contributed by atoms with Gasteiger partial charge < -0.3 is 14.8 Å². The molecule has 4 nitrogen and oxygen atoms in total. The standard InChI is InChI=1S/C17H26N2O2/c1-2-4-15(5-3-1)13-19-8-6-16(7-9-19)18-12-17-14-20-10-11-21-17/h1-5,16-18H,6-14H2. The molecule has 0 bridgehead atoms. The smallest absolute Gasteiger partial charge is 0.0933 e. The minimum Gasteiger partial charge on any atom is -0.376 e. The predicted octanol–water partition coefficient (Wildman–Crippen LogP) is 1.66. The molecule has 21 heavy (non-hydrogen) atoms. The molecule has 1 N–H and O–H groups in total. The molecule has 0 aromatic heterocycles. The Hall–Kier alpha value is -0.940. The Morgan fingerprint density at radius 3 is 2.62 bits per heavy atom. The summed E-state index contributed by atoms with van der Waals surface area (Å²) in [5.41, 5.74) is 1.41. The lowest BCUT2D eigenvalue weighted by Crippen LogP contribution is -2.46. The van der Waals surface area contributed by atoms with Crippen molar-refractivity contribution in [3.63, 3.8) is 0 Å². The van der Waals surface area contributed by atoms with Crippen LogP contribution in [0.15, 0.2) is 30.3 Å². The zero-order chi connectivity index (χ0) is 14.3. The van der Waals surface area contributed by atoms with Crippen molar-refractivity contribution in [2.24, 2.45) is 0 Å². The molecule has 0 saturated carbocycles. The average molecular weight is 290 g/mol. The van der Waals surface area contributed by atoms with Gasteiger partial charge in [-0.3, -0.25) is 4.90 Å². The molecule has 0 aliphatic carbocycles. The zero-order valence-electron chi connectivity index (χ0n) is 12.7. The fourth-order valence-electron chi connectivity index (χ4n) is 3.09. The minimum atomic E-state index is 0.237. The van der Waals surface area contributed by atoms with Gasteiger partial charge in [0, 0.05) is 19.1 Å². The van der Waals surface area contributed by atoms with Gasteiger partial charge in [0.1, 0.15) is 0 Å². The number of ether oxygens (including phenoxy) is 2. The molecule has 0 radical (unpaired) electrons. The van der Waals surface area contributed by atoms with Crippen LogP contribution in [0.3, 0.4) is 0 Å². The van der Waals surface area contributed by atoms with Crippen molar-refractivity contribution in [3.05, 3.63) is 35.9 Å². The zero-order valence-corrected chi connectivity index (χ0v) is 12.7. The average Bonchev–Trinajstić information content (AvgIpc) is 2.56. The van der Waals surface area contributed by atoms with Crippen molar-refractivity contribution in [1.29, 1.82) is 0 Å². The van der Waals surface area contributed by atoms with E-state index < -0.39 is 0 Å². The largest absolute Gasteiger partial charge is 0.376 e. The number of nitrogens with one attached hydrogen (secondary N) is 1. The van der Waals surface area contributed by atoms with Gasteiger partial charge in [-0.1, -0.05) is 30.3 Å². The van der Waals surface area contributed by atoms with Crippen molar-refractivity contribution in [2.75, 3.05) is 39.5 Å². The fourth-order valence-corrected chi connectivity index (χ4v) is 3.09. The molecule has 0 amide bonds. The van der Waals surface area contributed by atoms with E-state index in [0.717, 1.165) is 32.9 Å². The van der Waals surface area contributed by atoms with Crippen LogP contribution in [0.25, 0.3) is 0 Å². The quantitative estimate of drug-likeness (QED) is 0.894. The molecule has 2 aliphatic rings. The van der Waals surface area contributed by atoms with Crippen LogP contribution in [0.1, 0.15) is 18.4 Å². The highest BCUT2D eigenvalue weighted by atomic mass is 16.6. The van der Waals surface area contributed by atoms with Crippen molar-refractivity contribution in [3.8, 4) is 0 Å². The van der Waals surface area contributed by atoms with E-state index in [0.29, 0.717) is 6.04 Å². The number of hydrogen-bond donors (Lipinski definition) is 1. The number of piperidine rings is 1. The molecule has 0 spiro atoms. The molecule has 1 unspecified atom stereocenters. The van der Waals surface area contributed by atoms with Crippen LogP contribution < -0.4 is 5.32 Å². The van der Waals surface area contributed by atoms with E-state index in [4.69, 9.17) is 9.47 Å². The highest BCUT2D eigenvalue weighted by molar-refractivity contribution is 5.14. The summed E-state index contributed by atoms with van der Waals surface area (Å²) in [7, 11) is 0. The first-order chi connectivity index (χ1) is 10.4. The number of hydrogen-bond acceptors (Lipinski definition) is 4. The summed E-state index contributed by atoms with van der Waals surface area (Å²) in [5.74, 6) is 0. The molecular weight excluding hydrogens is 264 g/mol. The molecule has 2 heterocycles. The maximum Gasteiger partial charge on any atom is 0.0933 e. The number of rotatable bonds is 5. The topological polar surface area (TPSA) is 33.7 Å². The molecule has 1 aromatic rings. The lowest BCUT2D eigenvalue weighted by Gasteiger charge is -2.33. The van der Waals surface area contributed by atoms with Crippen molar-refractivity contribution in [2.45, 2.75) is 31.5 Å². The molecular formula is C17H26N2O2. The van der Waals surface area contributed by atoms with Crippen LogP contribution in [0.5, 0.6) is 0 Å². The van der Waals surface area contributed by atoms with Crippen LogP contribution in [-0.4, -0.2) is 56.5 Å². The van der Waals surface area contributed by atoms with Gasteiger partial charge in [0.05, 0.1) is 25.9 Å². The summed E-state index contributed by atoms with van der Waals surface area (Å²) < 4.78 is 11.1. The second kappa shape index (κ2) is 7.90. The molecule has 2 fully saturated rings. The maximum absolute atomic E-state index is 5.67. The Morgan fingerprint density at radius 1 is 1.10 bits per heavy atom. The van der Waals surface area contributed by atoms with Crippen LogP contribution in [0.4, 0.5) is 0 Å². The van der Waals surface area contributed by atoms with Gasteiger partial charge in [0.25, 0.3) is 0 Å². The summed E-state index contributed by atoms with van der Waals surface area (Å²) in [6.45, 7) is 6.57. The minimum absolute atomic E-state index is 0.237. The summed E-state index contributed by atoms with van der Waals surface area (Å²) in [4.78, 5) is 2.55. The summed E-state index contributed by atoms with van der Waals surface area (Å²) in [6.07, 6.45) is 2.68. The van der Waals surface area contributed by atoms with Crippen molar-refractivity contribution >= 4 is 0 Å². The first kappa shape index (κ1) is 15.0. The number of likely N-dealkylation sites (tertiary alicyclic amines) is 1. The lowest BCUT2D eigenvalue weighted by molar-refractivity contribution is -0.0874. The Morgan fingerprint density at radius 2 is 1.90 bits per heavy atom. The van der Waals surface area contributed by atoms with Gasteiger partial charge in [-0.2, -0.15) is 0 Å². The van der Waals surface area contributed by atoms with Crippen LogP contribution in [-0.2, 0) is 16.0 Å². The van der Waals surface area contributed by atoms with E-state index in [-0.39, 0.29) is 6.10 Å². The third kappa shape index (κ3) is 4.78. The highest BCUT2D eigenvalue weighted by Crippen LogP contribution is 2.14. The van der Waals surface area contributed by atoms with E-state index in [1.807, 2.05) is 0 Å².